The van der Waals surface area contributed by atoms with Crippen molar-refractivity contribution in [3.63, 3.8) is 0 Å². The van der Waals surface area contributed by atoms with Gasteiger partial charge in [-0.25, -0.2) is 9.37 Å². The number of halogens is 1. The first kappa shape index (κ1) is 17.6. The number of aromatic nitrogens is 2. The fraction of sp³-hybridized carbons (Fsp3) is 0.500. The van der Waals surface area contributed by atoms with E-state index in [1.54, 1.807) is 12.1 Å². The minimum absolute atomic E-state index is 0.153. The molecule has 2 aromatic rings. The molecule has 3 rings (SSSR count). The third kappa shape index (κ3) is 4.91. The van der Waals surface area contributed by atoms with Crippen LogP contribution in [0.1, 0.15) is 49.2 Å². The maximum Gasteiger partial charge on any atom is 0.220 e. The Morgan fingerprint density at radius 1 is 1.28 bits per heavy atom. The number of hydrogen-bond donors (Lipinski definition) is 1. The summed E-state index contributed by atoms with van der Waals surface area (Å²) in [4.78, 5) is 16.5. The third-order valence-corrected chi connectivity index (χ3v) is 5.01. The fourth-order valence-electron chi connectivity index (χ4n) is 3.56. The van der Waals surface area contributed by atoms with Crippen molar-refractivity contribution >= 4 is 5.91 Å². The first-order valence-electron chi connectivity index (χ1n) is 9.14. The molecule has 0 unspecified atom stereocenters. The molecular weight excluding hydrogens is 317 g/mol. The quantitative estimate of drug-likeness (QED) is 0.835. The normalized spacial score (nSPS) is 14.8. The minimum atomic E-state index is -0.226. The second kappa shape index (κ2) is 8.28. The van der Waals surface area contributed by atoms with Gasteiger partial charge in [-0.1, -0.05) is 25.0 Å². The Balaban J connectivity index is 1.52. The lowest BCUT2D eigenvalue weighted by Gasteiger charge is -2.12. The molecule has 0 spiro atoms. The monoisotopic (exact) mass is 343 g/mol. The average Bonchev–Trinajstić information content (AvgIpc) is 3.21. The highest BCUT2D eigenvalue weighted by molar-refractivity contribution is 5.76. The number of aryl methyl sites for hydroxylation is 1. The van der Waals surface area contributed by atoms with Crippen molar-refractivity contribution in [2.45, 2.75) is 52.0 Å². The van der Waals surface area contributed by atoms with E-state index in [1.807, 2.05) is 13.1 Å². The summed E-state index contributed by atoms with van der Waals surface area (Å²) < 4.78 is 15.2. The largest absolute Gasteiger partial charge is 0.356 e. The Hall–Kier alpha value is -2.17. The van der Waals surface area contributed by atoms with Gasteiger partial charge in [-0.15, -0.1) is 0 Å². The summed E-state index contributed by atoms with van der Waals surface area (Å²) in [5, 5.41) is 3.02. The van der Waals surface area contributed by atoms with Crippen LogP contribution in [-0.2, 0) is 17.8 Å². The average molecular weight is 343 g/mol. The lowest BCUT2D eigenvalue weighted by Crippen LogP contribution is -2.28. The van der Waals surface area contributed by atoms with Gasteiger partial charge < -0.3 is 9.88 Å². The van der Waals surface area contributed by atoms with E-state index in [4.69, 9.17) is 0 Å². The standard InChI is InChI=1S/C20H26FN3O/c1-15-13-23-19(24(15)14-17-6-8-18(21)9-7-17)10-11-22-20(25)12-16-4-2-3-5-16/h6-9,13,16H,2-5,10-12,14H2,1H3,(H,22,25). The molecule has 0 radical (unpaired) electrons. The van der Waals surface area contributed by atoms with Gasteiger partial charge >= 0.3 is 0 Å². The van der Waals surface area contributed by atoms with E-state index in [0.717, 1.165) is 17.1 Å². The molecule has 4 nitrogen and oxygen atoms in total. The molecule has 1 aromatic carbocycles. The van der Waals surface area contributed by atoms with Gasteiger partial charge in [0.25, 0.3) is 0 Å². The molecule has 25 heavy (non-hydrogen) atoms. The van der Waals surface area contributed by atoms with Crippen molar-refractivity contribution in [1.82, 2.24) is 14.9 Å². The Bertz CT molecular complexity index is 702. The second-order valence-corrected chi connectivity index (χ2v) is 6.98. The van der Waals surface area contributed by atoms with Crippen molar-refractivity contribution in [2.24, 2.45) is 5.92 Å². The number of carbonyl (C=O) groups excluding carboxylic acids is 1. The molecule has 1 amide bonds. The Morgan fingerprint density at radius 2 is 2.00 bits per heavy atom. The van der Waals surface area contributed by atoms with Gasteiger partial charge in [0.05, 0.1) is 0 Å². The van der Waals surface area contributed by atoms with Gasteiger partial charge in [-0.3, -0.25) is 4.79 Å². The number of carbonyl (C=O) groups is 1. The number of rotatable bonds is 7. The van der Waals surface area contributed by atoms with Crippen LogP contribution in [0, 0.1) is 18.7 Å². The van der Waals surface area contributed by atoms with Crippen LogP contribution in [0.3, 0.4) is 0 Å². The van der Waals surface area contributed by atoms with Crippen LogP contribution >= 0.6 is 0 Å². The van der Waals surface area contributed by atoms with Crippen LogP contribution in [0.4, 0.5) is 4.39 Å². The van der Waals surface area contributed by atoms with Crippen LogP contribution in [-0.4, -0.2) is 22.0 Å². The van der Waals surface area contributed by atoms with E-state index < -0.39 is 0 Å². The van der Waals surface area contributed by atoms with Gasteiger partial charge in [0.1, 0.15) is 11.6 Å². The maximum absolute atomic E-state index is 13.1. The van der Waals surface area contributed by atoms with E-state index in [-0.39, 0.29) is 11.7 Å². The molecule has 1 aromatic heterocycles. The van der Waals surface area contributed by atoms with Gasteiger partial charge in [0, 0.05) is 37.8 Å². The van der Waals surface area contributed by atoms with E-state index >= 15 is 0 Å². The number of nitrogens with one attached hydrogen (secondary N) is 1. The molecule has 0 saturated heterocycles. The number of amides is 1. The van der Waals surface area contributed by atoms with E-state index in [2.05, 4.69) is 14.9 Å². The highest BCUT2D eigenvalue weighted by atomic mass is 19.1. The minimum Gasteiger partial charge on any atom is -0.356 e. The summed E-state index contributed by atoms with van der Waals surface area (Å²) in [6, 6.07) is 6.54. The Kier molecular flexibility index (Phi) is 5.84. The highest BCUT2D eigenvalue weighted by Crippen LogP contribution is 2.27. The van der Waals surface area contributed by atoms with Gasteiger partial charge in [0.15, 0.2) is 0 Å². The van der Waals surface area contributed by atoms with Crippen LogP contribution in [0.5, 0.6) is 0 Å². The Labute approximate surface area is 148 Å². The SMILES string of the molecule is Cc1cnc(CCNC(=O)CC2CCCC2)n1Cc1ccc(F)cc1. The van der Waals surface area contributed by atoms with Crippen molar-refractivity contribution in [3.8, 4) is 0 Å². The zero-order chi connectivity index (χ0) is 17.6. The molecule has 5 heteroatoms. The molecule has 1 aliphatic rings. The van der Waals surface area contributed by atoms with Gasteiger partial charge in [-0.05, 0) is 43.4 Å². The van der Waals surface area contributed by atoms with Crippen molar-refractivity contribution in [3.05, 3.63) is 53.4 Å². The van der Waals surface area contributed by atoms with E-state index in [1.165, 1.54) is 37.8 Å². The lowest BCUT2D eigenvalue weighted by atomic mass is 10.0. The maximum atomic E-state index is 13.1. The smallest absolute Gasteiger partial charge is 0.220 e. The zero-order valence-electron chi connectivity index (χ0n) is 14.8. The first-order chi connectivity index (χ1) is 12.1. The van der Waals surface area contributed by atoms with Crippen molar-refractivity contribution < 1.29 is 9.18 Å². The number of benzene rings is 1. The molecule has 1 heterocycles. The molecule has 1 aliphatic carbocycles. The van der Waals surface area contributed by atoms with Crippen LogP contribution in [0.2, 0.25) is 0 Å². The van der Waals surface area contributed by atoms with E-state index in [9.17, 15) is 9.18 Å². The Morgan fingerprint density at radius 3 is 2.72 bits per heavy atom. The van der Waals surface area contributed by atoms with Crippen LogP contribution in [0.25, 0.3) is 0 Å². The van der Waals surface area contributed by atoms with Crippen LogP contribution in [0.15, 0.2) is 30.5 Å². The van der Waals surface area contributed by atoms with Crippen LogP contribution < -0.4 is 5.32 Å². The van der Waals surface area contributed by atoms with Crippen molar-refractivity contribution in [1.29, 1.82) is 0 Å². The first-order valence-corrected chi connectivity index (χ1v) is 9.14. The predicted octanol–water partition coefficient (Wildman–Crippen LogP) is 3.62. The fourth-order valence-corrected chi connectivity index (χ4v) is 3.56. The molecule has 1 saturated carbocycles. The summed E-state index contributed by atoms with van der Waals surface area (Å²) in [7, 11) is 0. The molecular formula is C20H26FN3O. The summed E-state index contributed by atoms with van der Waals surface area (Å²) in [5.74, 6) is 1.45. The molecule has 134 valence electrons. The summed E-state index contributed by atoms with van der Waals surface area (Å²) in [5.41, 5.74) is 2.10. The molecule has 1 N–H and O–H groups in total. The number of nitrogens with zero attached hydrogens (tertiary/aromatic N) is 2. The second-order valence-electron chi connectivity index (χ2n) is 6.98. The topological polar surface area (TPSA) is 46.9 Å². The molecule has 1 fully saturated rings. The molecule has 0 atom stereocenters. The number of imidazole rings is 1. The number of hydrogen-bond acceptors (Lipinski definition) is 2. The van der Waals surface area contributed by atoms with Gasteiger partial charge in [-0.2, -0.15) is 0 Å². The summed E-state index contributed by atoms with van der Waals surface area (Å²) in [6.45, 7) is 3.28. The molecule has 0 aliphatic heterocycles. The third-order valence-electron chi connectivity index (χ3n) is 5.01. The summed E-state index contributed by atoms with van der Waals surface area (Å²) >= 11 is 0. The predicted molar refractivity (Wildman–Crippen MR) is 95.8 cm³/mol. The highest BCUT2D eigenvalue weighted by Gasteiger charge is 2.18. The van der Waals surface area contributed by atoms with Gasteiger partial charge in [0.2, 0.25) is 5.91 Å². The zero-order valence-corrected chi connectivity index (χ0v) is 14.8. The van der Waals surface area contributed by atoms with Crippen molar-refractivity contribution in [2.75, 3.05) is 6.54 Å². The summed E-state index contributed by atoms with van der Waals surface area (Å²) in [6.07, 6.45) is 8.10. The lowest BCUT2D eigenvalue weighted by molar-refractivity contribution is -0.121. The molecule has 0 bridgehead atoms. The van der Waals surface area contributed by atoms with E-state index in [0.29, 0.717) is 31.8 Å².